The molecule has 0 aromatic carbocycles. The fourth-order valence-electron chi connectivity index (χ4n) is 0.803. The first-order valence-corrected chi connectivity index (χ1v) is 4.40. The average molecular weight is 260 g/mol. The molecule has 0 aliphatic rings. The van der Waals surface area contributed by atoms with Crippen molar-refractivity contribution in [3.05, 3.63) is 27.5 Å². The summed E-state index contributed by atoms with van der Waals surface area (Å²) in [6.45, 7) is 0. The van der Waals surface area contributed by atoms with Crippen LogP contribution in [0.1, 0.15) is 22.5 Å². The maximum absolute atomic E-state index is 12.3. The number of alkyl halides is 2. The Morgan fingerprint density at radius 2 is 2.00 bits per heavy atom. The van der Waals surface area contributed by atoms with Crippen LogP contribution in [-0.2, 0) is 0 Å². The van der Waals surface area contributed by atoms with Gasteiger partial charge >= 0.3 is 0 Å². The highest BCUT2D eigenvalue weighted by Crippen LogP contribution is 2.29. The summed E-state index contributed by atoms with van der Waals surface area (Å²) in [5, 5.41) is -1.44. The zero-order valence-electron chi connectivity index (χ0n) is 6.40. The molecule has 0 aliphatic heterocycles. The van der Waals surface area contributed by atoms with Gasteiger partial charge in [-0.2, -0.15) is 0 Å². The fourth-order valence-corrected chi connectivity index (χ4v) is 1.25. The zero-order chi connectivity index (χ0) is 10.9. The van der Waals surface area contributed by atoms with E-state index in [0.29, 0.717) is 0 Å². The molecule has 1 rings (SSSR count). The monoisotopic (exact) mass is 259 g/mol. The molecule has 0 aliphatic carbocycles. The molecule has 0 saturated carbocycles. The van der Waals surface area contributed by atoms with Gasteiger partial charge < -0.3 is 0 Å². The van der Waals surface area contributed by atoms with E-state index in [0.717, 1.165) is 6.07 Å². The van der Waals surface area contributed by atoms with Crippen LogP contribution >= 0.6 is 34.8 Å². The van der Waals surface area contributed by atoms with E-state index in [1.165, 1.54) is 0 Å². The van der Waals surface area contributed by atoms with Gasteiger partial charge in [0.2, 0.25) is 0 Å². The summed E-state index contributed by atoms with van der Waals surface area (Å²) in [6.07, 6.45) is -2.93. The second kappa shape index (κ2) is 4.38. The maximum atomic E-state index is 12.3. The number of carbonyl (C=O) groups excluding carboxylic acids is 1. The van der Waals surface area contributed by atoms with Crippen LogP contribution in [-0.4, -0.2) is 10.2 Å². The van der Waals surface area contributed by atoms with Gasteiger partial charge in [0.15, 0.2) is 0 Å². The molecular formula is C7H2Cl3F2NO. The third-order valence-corrected chi connectivity index (χ3v) is 2.26. The van der Waals surface area contributed by atoms with Crippen molar-refractivity contribution < 1.29 is 13.6 Å². The number of hydrogen-bond acceptors (Lipinski definition) is 2. The molecule has 0 bridgehead atoms. The molecule has 2 nitrogen and oxygen atoms in total. The van der Waals surface area contributed by atoms with Gasteiger partial charge in [-0.15, -0.1) is 0 Å². The zero-order valence-corrected chi connectivity index (χ0v) is 8.67. The van der Waals surface area contributed by atoms with E-state index >= 15 is 0 Å². The van der Waals surface area contributed by atoms with Gasteiger partial charge in [0.1, 0.15) is 10.8 Å². The molecule has 0 fully saturated rings. The molecular weight excluding hydrogens is 258 g/mol. The lowest BCUT2D eigenvalue weighted by molar-refractivity contribution is 0.106. The second-order valence-corrected chi connectivity index (χ2v) is 3.38. The lowest BCUT2D eigenvalue weighted by Crippen LogP contribution is -2.02. The summed E-state index contributed by atoms with van der Waals surface area (Å²) in [5.41, 5.74) is -1.20. The molecule has 1 aromatic rings. The number of carbonyl (C=O) groups is 1. The lowest BCUT2D eigenvalue weighted by atomic mass is 10.2. The lowest BCUT2D eigenvalue weighted by Gasteiger charge is -2.05. The Labute approximate surface area is 92.8 Å². The molecule has 1 heterocycles. The van der Waals surface area contributed by atoms with Gasteiger partial charge in [-0.1, -0.05) is 23.2 Å². The molecule has 0 radical (unpaired) electrons. The van der Waals surface area contributed by atoms with Crippen molar-refractivity contribution in [1.82, 2.24) is 4.98 Å². The fraction of sp³-hybridized carbons (Fsp3) is 0.143. The number of halogens is 5. The second-order valence-electron chi connectivity index (χ2n) is 2.27. The molecule has 0 spiro atoms. The van der Waals surface area contributed by atoms with Crippen LogP contribution in [0.25, 0.3) is 0 Å². The van der Waals surface area contributed by atoms with Crippen LogP contribution in [0.15, 0.2) is 6.07 Å². The number of rotatable bonds is 2. The van der Waals surface area contributed by atoms with Crippen LogP contribution < -0.4 is 0 Å². The maximum Gasteiger partial charge on any atom is 0.281 e. The van der Waals surface area contributed by atoms with Crippen molar-refractivity contribution in [3.8, 4) is 0 Å². The van der Waals surface area contributed by atoms with Crippen molar-refractivity contribution in [2.45, 2.75) is 6.43 Å². The minimum atomic E-state index is -2.93. The molecule has 0 saturated heterocycles. The summed E-state index contributed by atoms with van der Waals surface area (Å²) in [6, 6.07) is 0.966. The first-order chi connectivity index (χ1) is 6.43. The van der Waals surface area contributed by atoms with Crippen molar-refractivity contribution in [3.63, 3.8) is 0 Å². The first-order valence-electron chi connectivity index (χ1n) is 3.27. The number of aromatic nitrogens is 1. The first kappa shape index (κ1) is 11.6. The van der Waals surface area contributed by atoms with Gasteiger partial charge in [0.05, 0.1) is 10.6 Å². The molecule has 76 valence electrons. The van der Waals surface area contributed by atoms with Gasteiger partial charge in [-0.3, -0.25) is 4.79 Å². The largest absolute Gasteiger partial charge is 0.281 e. The minimum absolute atomic E-state index is 0.0972. The molecule has 1 aromatic heterocycles. The van der Waals surface area contributed by atoms with E-state index in [4.69, 9.17) is 34.8 Å². The summed E-state index contributed by atoms with van der Waals surface area (Å²) in [5.74, 6) is 0. The summed E-state index contributed by atoms with van der Waals surface area (Å²) in [7, 11) is 0. The predicted molar refractivity (Wildman–Crippen MR) is 49.4 cm³/mol. The Morgan fingerprint density at radius 3 is 2.43 bits per heavy atom. The Kier molecular flexibility index (Phi) is 3.64. The third kappa shape index (κ3) is 2.32. The van der Waals surface area contributed by atoms with Crippen LogP contribution in [0.3, 0.4) is 0 Å². The van der Waals surface area contributed by atoms with E-state index in [2.05, 4.69) is 4.98 Å². The van der Waals surface area contributed by atoms with Gasteiger partial charge in [-0.05, 0) is 17.7 Å². The Morgan fingerprint density at radius 1 is 1.43 bits per heavy atom. The van der Waals surface area contributed by atoms with Gasteiger partial charge in [0.25, 0.3) is 11.7 Å². The smallest absolute Gasteiger partial charge is 0.276 e. The molecule has 7 heteroatoms. The van der Waals surface area contributed by atoms with Crippen LogP contribution in [0, 0.1) is 0 Å². The average Bonchev–Trinajstić information content (AvgIpc) is 2.08. The van der Waals surface area contributed by atoms with Crippen LogP contribution in [0.5, 0.6) is 0 Å². The van der Waals surface area contributed by atoms with Crippen molar-refractivity contribution in [2.24, 2.45) is 0 Å². The Hall–Kier alpha value is -0.450. The Bertz CT molecular complexity index is 383. The molecule has 0 unspecified atom stereocenters. The highest BCUT2D eigenvalue weighted by Gasteiger charge is 2.21. The topological polar surface area (TPSA) is 30.0 Å². The SMILES string of the molecule is O=C(Cl)c1cc(Cl)c(Cl)nc1C(F)F. The van der Waals surface area contributed by atoms with Crippen molar-refractivity contribution >= 4 is 40.0 Å². The quantitative estimate of drug-likeness (QED) is 0.599. The van der Waals surface area contributed by atoms with Crippen molar-refractivity contribution in [1.29, 1.82) is 0 Å². The Balaban J connectivity index is 3.39. The van der Waals surface area contributed by atoms with E-state index in [1.54, 1.807) is 0 Å². The number of nitrogens with zero attached hydrogens (tertiary/aromatic N) is 1. The molecule has 0 N–H and O–H groups in total. The minimum Gasteiger partial charge on any atom is -0.276 e. The molecule has 14 heavy (non-hydrogen) atoms. The summed E-state index contributed by atoms with van der Waals surface area (Å²) >= 11 is 16.0. The number of pyridine rings is 1. The summed E-state index contributed by atoms with van der Waals surface area (Å²) < 4.78 is 24.6. The highest BCUT2D eigenvalue weighted by atomic mass is 35.5. The molecule has 0 amide bonds. The highest BCUT2D eigenvalue weighted by molar-refractivity contribution is 6.68. The van der Waals surface area contributed by atoms with Gasteiger partial charge in [0, 0.05) is 0 Å². The van der Waals surface area contributed by atoms with E-state index in [1.807, 2.05) is 0 Å². The standard InChI is InChI=1S/C7H2Cl3F2NO/c8-3-1-2(6(10)14)4(7(11)12)13-5(3)9/h1,7H. The number of hydrogen-bond donors (Lipinski definition) is 0. The predicted octanol–water partition coefficient (Wildman–Crippen LogP) is 3.71. The van der Waals surface area contributed by atoms with E-state index in [9.17, 15) is 13.6 Å². The van der Waals surface area contributed by atoms with Crippen LogP contribution in [0.4, 0.5) is 8.78 Å². The molecule has 0 atom stereocenters. The normalized spacial score (nSPS) is 10.7. The van der Waals surface area contributed by atoms with Crippen LogP contribution in [0.2, 0.25) is 10.2 Å². The van der Waals surface area contributed by atoms with E-state index in [-0.39, 0.29) is 10.2 Å². The van der Waals surface area contributed by atoms with E-state index < -0.39 is 22.9 Å². The summed E-state index contributed by atoms with van der Waals surface area (Å²) in [4.78, 5) is 14.0. The van der Waals surface area contributed by atoms with Crippen molar-refractivity contribution in [2.75, 3.05) is 0 Å². The third-order valence-electron chi connectivity index (χ3n) is 1.38. The van der Waals surface area contributed by atoms with Gasteiger partial charge in [-0.25, -0.2) is 13.8 Å².